The van der Waals surface area contributed by atoms with Crippen molar-refractivity contribution in [3.8, 4) is 0 Å². The average molecular weight is 221 g/mol. The molecule has 0 saturated heterocycles. The van der Waals surface area contributed by atoms with Crippen LogP contribution in [0.5, 0.6) is 0 Å². The van der Waals surface area contributed by atoms with E-state index >= 15 is 0 Å². The van der Waals surface area contributed by atoms with E-state index in [1.807, 2.05) is 6.92 Å². The van der Waals surface area contributed by atoms with Crippen molar-refractivity contribution in [3.63, 3.8) is 0 Å². The van der Waals surface area contributed by atoms with Crippen LogP contribution in [0.2, 0.25) is 0 Å². The lowest BCUT2D eigenvalue weighted by Gasteiger charge is -2.10. The largest absolute Gasteiger partial charge is 0.313 e. The molecule has 0 aliphatic carbocycles. The Labute approximate surface area is 98.7 Å². The number of pyridine rings is 1. The van der Waals surface area contributed by atoms with Gasteiger partial charge < -0.3 is 10.6 Å². The Balaban J connectivity index is 2.27. The van der Waals surface area contributed by atoms with Crippen molar-refractivity contribution in [3.05, 3.63) is 29.1 Å². The number of aromatic nitrogens is 1. The van der Waals surface area contributed by atoms with E-state index in [1.165, 1.54) is 5.56 Å². The van der Waals surface area contributed by atoms with Crippen LogP contribution in [-0.2, 0) is 6.54 Å². The molecule has 1 rings (SSSR count). The first kappa shape index (κ1) is 13.1. The quantitative estimate of drug-likeness (QED) is 0.719. The first-order valence-electron chi connectivity index (χ1n) is 5.97. The highest BCUT2D eigenvalue weighted by atomic mass is 15.0. The Morgan fingerprint density at radius 2 is 1.94 bits per heavy atom. The number of nitrogens with zero attached hydrogens (tertiary/aromatic N) is 1. The number of nitrogens with one attached hydrogen (secondary N) is 2. The van der Waals surface area contributed by atoms with E-state index in [4.69, 9.17) is 0 Å². The van der Waals surface area contributed by atoms with E-state index in [0.717, 1.165) is 31.0 Å². The molecule has 0 aliphatic heterocycles. The second-order valence-corrected chi connectivity index (χ2v) is 4.48. The minimum absolute atomic E-state index is 0.560. The molecule has 0 unspecified atom stereocenters. The van der Waals surface area contributed by atoms with Crippen LogP contribution in [0, 0.1) is 13.8 Å². The van der Waals surface area contributed by atoms with E-state index < -0.39 is 0 Å². The zero-order valence-electron chi connectivity index (χ0n) is 10.8. The summed E-state index contributed by atoms with van der Waals surface area (Å²) in [6.45, 7) is 11.3. The summed E-state index contributed by atoms with van der Waals surface area (Å²) in [4.78, 5) is 4.45. The highest BCUT2D eigenvalue weighted by Crippen LogP contribution is 2.05. The van der Waals surface area contributed by atoms with E-state index in [2.05, 4.69) is 48.5 Å². The van der Waals surface area contributed by atoms with Gasteiger partial charge in [0.15, 0.2) is 0 Å². The predicted octanol–water partition coefficient (Wildman–Crippen LogP) is 1.79. The zero-order chi connectivity index (χ0) is 12.0. The van der Waals surface area contributed by atoms with Crippen LogP contribution in [0.25, 0.3) is 0 Å². The fraction of sp³-hybridized carbons (Fsp3) is 0.615. The maximum absolute atomic E-state index is 4.45. The van der Waals surface area contributed by atoms with Gasteiger partial charge in [-0.05, 0) is 25.5 Å². The fourth-order valence-corrected chi connectivity index (χ4v) is 1.57. The molecule has 0 amide bonds. The highest BCUT2D eigenvalue weighted by Gasteiger charge is 1.99. The molecule has 0 spiro atoms. The van der Waals surface area contributed by atoms with Crippen LogP contribution in [0.1, 0.15) is 30.8 Å². The van der Waals surface area contributed by atoms with Gasteiger partial charge in [0, 0.05) is 37.1 Å². The average Bonchev–Trinajstić information content (AvgIpc) is 2.20. The molecule has 1 heterocycles. The summed E-state index contributed by atoms with van der Waals surface area (Å²) in [5, 5.41) is 6.79. The summed E-state index contributed by atoms with van der Waals surface area (Å²) in [7, 11) is 0. The lowest BCUT2D eigenvalue weighted by atomic mass is 10.2. The summed E-state index contributed by atoms with van der Waals surface area (Å²) >= 11 is 0. The number of hydrogen-bond acceptors (Lipinski definition) is 3. The number of aryl methyl sites for hydroxylation is 2. The molecule has 16 heavy (non-hydrogen) atoms. The van der Waals surface area contributed by atoms with Crippen LogP contribution in [0.3, 0.4) is 0 Å². The van der Waals surface area contributed by atoms with Crippen molar-refractivity contribution < 1.29 is 0 Å². The third-order valence-electron chi connectivity index (χ3n) is 2.50. The molecule has 1 aromatic rings. The lowest BCUT2D eigenvalue weighted by Crippen LogP contribution is -2.31. The van der Waals surface area contributed by atoms with Crippen molar-refractivity contribution in [2.24, 2.45) is 0 Å². The summed E-state index contributed by atoms with van der Waals surface area (Å²) in [5.41, 5.74) is 3.50. The van der Waals surface area contributed by atoms with Crippen LogP contribution in [-0.4, -0.2) is 24.1 Å². The molecular weight excluding hydrogens is 198 g/mol. The molecule has 0 atom stereocenters. The van der Waals surface area contributed by atoms with Gasteiger partial charge >= 0.3 is 0 Å². The molecule has 0 aromatic carbocycles. The van der Waals surface area contributed by atoms with Gasteiger partial charge in [-0.25, -0.2) is 0 Å². The van der Waals surface area contributed by atoms with Gasteiger partial charge in [-0.1, -0.05) is 19.9 Å². The van der Waals surface area contributed by atoms with E-state index in [0.29, 0.717) is 6.04 Å². The SMILES string of the molecule is Cc1ccc(CNCCNC(C)C)c(C)n1. The maximum Gasteiger partial charge on any atom is 0.0420 e. The molecule has 3 nitrogen and oxygen atoms in total. The smallest absolute Gasteiger partial charge is 0.0420 e. The Kier molecular flexibility index (Phi) is 5.43. The molecule has 3 heteroatoms. The minimum Gasteiger partial charge on any atom is -0.313 e. The monoisotopic (exact) mass is 221 g/mol. The van der Waals surface area contributed by atoms with Gasteiger partial charge in [-0.2, -0.15) is 0 Å². The van der Waals surface area contributed by atoms with Crippen molar-refractivity contribution in [1.29, 1.82) is 0 Å². The van der Waals surface area contributed by atoms with E-state index in [1.54, 1.807) is 0 Å². The van der Waals surface area contributed by atoms with Gasteiger partial charge in [0.25, 0.3) is 0 Å². The molecule has 0 fully saturated rings. The van der Waals surface area contributed by atoms with Gasteiger partial charge in [-0.3, -0.25) is 4.98 Å². The summed E-state index contributed by atoms with van der Waals surface area (Å²) in [6.07, 6.45) is 0. The molecule has 0 aliphatic rings. The van der Waals surface area contributed by atoms with Crippen LogP contribution in [0.4, 0.5) is 0 Å². The van der Waals surface area contributed by atoms with Gasteiger partial charge in [0.05, 0.1) is 0 Å². The minimum atomic E-state index is 0.560. The first-order valence-corrected chi connectivity index (χ1v) is 5.97. The highest BCUT2D eigenvalue weighted by molar-refractivity contribution is 5.21. The van der Waals surface area contributed by atoms with E-state index in [-0.39, 0.29) is 0 Å². The van der Waals surface area contributed by atoms with Crippen LogP contribution >= 0.6 is 0 Å². The molecule has 0 saturated carbocycles. The van der Waals surface area contributed by atoms with Crippen LogP contribution < -0.4 is 10.6 Å². The Bertz CT molecular complexity index is 321. The fourth-order valence-electron chi connectivity index (χ4n) is 1.57. The molecule has 0 bridgehead atoms. The van der Waals surface area contributed by atoms with Crippen molar-refractivity contribution in [1.82, 2.24) is 15.6 Å². The van der Waals surface area contributed by atoms with Crippen molar-refractivity contribution >= 4 is 0 Å². The molecule has 90 valence electrons. The molecule has 1 aromatic heterocycles. The second kappa shape index (κ2) is 6.61. The van der Waals surface area contributed by atoms with Crippen molar-refractivity contribution in [2.75, 3.05) is 13.1 Å². The van der Waals surface area contributed by atoms with Gasteiger partial charge in [0.2, 0.25) is 0 Å². The summed E-state index contributed by atoms with van der Waals surface area (Å²) in [5.74, 6) is 0. The van der Waals surface area contributed by atoms with Gasteiger partial charge in [0.1, 0.15) is 0 Å². The predicted molar refractivity (Wildman–Crippen MR) is 68.6 cm³/mol. The maximum atomic E-state index is 4.45. The molecular formula is C13H23N3. The summed E-state index contributed by atoms with van der Waals surface area (Å²) < 4.78 is 0. The van der Waals surface area contributed by atoms with Gasteiger partial charge in [-0.15, -0.1) is 0 Å². The first-order chi connectivity index (χ1) is 7.59. The van der Waals surface area contributed by atoms with Crippen LogP contribution in [0.15, 0.2) is 12.1 Å². The standard InChI is InChI=1S/C13H23N3/c1-10(2)15-8-7-14-9-13-6-5-11(3)16-12(13)4/h5-6,10,14-15H,7-9H2,1-4H3. The Hall–Kier alpha value is -0.930. The third-order valence-corrected chi connectivity index (χ3v) is 2.50. The normalized spacial score (nSPS) is 11.1. The number of hydrogen-bond donors (Lipinski definition) is 2. The van der Waals surface area contributed by atoms with Crippen molar-refractivity contribution in [2.45, 2.75) is 40.3 Å². The van der Waals surface area contributed by atoms with E-state index in [9.17, 15) is 0 Å². The Morgan fingerprint density at radius 1 is 1.19 bits per heavy atom. The topological polar surface area (TPSA) is 37.0 Å². The second-order valence-electron chi connectivity index (χ2n) is 4.48. The zero-order valence-corrected chi connectivity index (χ0v) is 10.8. The molecule has 2 N–H and O–H groups in total. The number of rotatable bonds is 6. The summed E-state index contributed by atoms with van der Waals surface area (Å²) in [6, 6.07) is 4.78. The lowest BCUT2D eigenvalue weighted by molar-refractivity contribution is 0.555. The Morgan fingerprint density at radius 3 is 2.56 bits per heavy atom. The molecule has 0 radical (unpaired) electrons. The third kappa shape index (κ3) is 4.73.